The molecule has 0 rings (SSSR count). The molecular formula is C10H24N2O. The number of unbranched alkanes of at least 4 members (excludes halogenated alkanes) is 5. The van der Waals surface area contributed by atoms with Crippen molar-refractivity contribution in [2.45, 2.75) is 51.7 Å². The minimum Gasteiger partial charge on any atom is -0.362 e. The highest BCUT2D eigenvalue weighted by Gasteiger charge is 1.97. The van der Waals surface area contributed by atoms with E-state index in [0.29, 0.717) is 6.54 Å². The average molecular weight is 188 g/mol. The van der Waals surface area contributed by atoms with E-state index >= 15 is 0 Å². The van der Waals surface area contributed by atoms with Gasteiger partial charge in [-0.3, -0.25) is 0 Å². The predicted octanol–water partition coefficient (Wildman–Crippen LogP) is 1.61. The first-order valence-electron chi connectivity index (χ1n) is 5.38. The molecule has 1 unspecified atom stereocenters. The van der Waals surface area contributed by atoms with Gasteiger partial charge in [-0.2, -0.15) is 0 Å². The van der Waals surface area contributed by atoms with Crippen LogP contribution in [0.3, 0.4) is 0 Å². The van der Waals surface area contributed by atoms with E-state index < -0.39 is 0 Å². The van der Waals surface area contributed by atoms with E-state index in [1.807, 2.05) is 0 Å². The molecule has 0 spiro atoms. The average Bonchev–Trinajstić information content (AvgIpc) is 2.16. The Morgan fingerprint density at radius 3 is 2.31 bits per heavy atom. The van der Waals surface area contributed by atoms with Crippen LogP contribution >= 0.6 is 0 Å². The second kappa shape index (κ2) is 9.96. The molecule has 3 nitrogen and oxygen atoms in total. The molecule has 0 aliphatic carbocycles. The Labute approximate surface area is 81.8 Å². The van der Waals surface area contributed by atoms with Crippen molar-refractivity contribution < 1.29 is 4.74 Å². The largest absolute Gasteiger partial charge is 0.362 e. The van der Waals surface area contributed by atoms with E-state index in [0.717, 1.165) is 13.0 Å². The number of ether oxygens (including phenoxy) is 1. The third-order valence-electron chi connectivity index (χ3n) is 2.06. The summed E-state index contributed by atoms with van der Waals surface area (Å²) < 4.78 is 5.25. The second-order valence-corrected chi connectivity index (χ2v) is 3.41. The van der Waals surface area contributed by atoms with Gasteiger partial charge in [0.1, 0.15) is 6.23 Å². The summed E-state index contributed by atoms with van der Waals surface area (Å²) in [7, 11) is 0. The molecule has 0 aromatic rings. The maximum Gasteiger partial charge on any atom is 0.118 e. The molecule has 1 atom stereocenters. The van der Waals surface area contributed by atoms with E-state index in [1.54, 1.807) is 0 Å². The molecule has 0 aromatic heterocycles. The summed E-state index contributed by atoms with van der Waals surface area (Å²) in [5, 5.41) is 0. The minimum absolute atomic E-state index is 0.268. The van der Waals surface area contributed by atoms with Crippen molar-refractivity contribution in [3.63, 3.8) is 0 Å². The van der Waals surface area contributed by atoms with Gasteiger partial charge in [0.05, 0.1) is 0 Å². The molecule has 0 bridgehead atoms. The van der Waals surface area contributed by atoms with Crippen LogP contribution in [0.4, 0.5) is 0 Å². The first-order chi connectivity index (χ1) is 6.31. The van der Waals surface area contributed by atoms with Crippen molar-refractivity contribution in [3.8, 4) is 0 Å². The summed E-state index contributed by atoms with van der Waals surface area (Å²) in [6, 6.07) is 0. The topological polar surface area (TPSA) is 61.3 Å². The zero-order valence-corrected chi connectivity index (χ0v) is 8.80. The van der Waals surface area contributed by atoms with Crippen molar-refractivity contribution in [2.75, 3.05) is 13.2 Å². The lowest BCUT2D eigenvalue weighted by Crippen LogP contribution is -2.32. The van der Waals surface area contributed by atoms with Crippen molar-refractivity contribution in [3.05, 3.63) is 0 Å². The highest BCUT2D eigenvalue weighted by molar-refractivity contribution is 4.48. The summed E-state index contributed by atoms with van der Waals surface area (Å²) in [4.78, 5) is 0. The first kappa shape index (κ1) is 12.9. The molecule has 0 aliphatic rings. The maximum absolute atomic E-state index is 5.49. The number of hydrogen-bond donors (Lipinski definition) is 2. The van der Waals surface area contributed by atoms with Gasteiger partial charge in [0.2, 0.25) is 0 Å². The fraction of sp³-hybridized carbons (Fsp3) is 1.00. The second-order valence-electron chi connectivity index (χ2n) is 3.41. The SMILES string of the molecule is CCCCCCCCOC(N)CN. The lowest BCUT2D eigenvalue weighted by molar-refractivity contribution is 0.0608. The van der Waals surface area contributed by atoms with Crippen LogP contribution in [0.25, 0.3) is 0 Å². The van der Waals surface area contributed by atoms with Crippen LogP contribution in [0.5, 0.6) is 0 Å². The van der Waals surface area contributed by atoms with Gasteiger partial charge in [0, 0.05) is 13.2 Å². The van der Waals surface area contributed by atoms with Gasteiger partial charge in [-0.25, -0.2) is 0 Å². The van der Waals surface area contributed by atoms with Gasteiger partial charge in [-0.05, 0) is 6.42 Å². The third kappa shape index (κ3) is 9.80. The number of rotatable bonds is 9. The number of nitrogens with two attached hydrogens (primary N) is 2. The summed E-state index contributed by atoms with van der Waals surface area (Å²) in [6.45, 7) is 3.39. The lowest BCUT2D eigenvalue weighted by atomic mass is 10.1. The zero-order chi connectivity index (χ0) is 9.94. The number of hydrogen-bond acceptors (Lipinski definition) is 3. The third-order valence-corrected chi connectivity index (χ3v) is 2.06. The Balaban J connectivity index is 2.91. The summed E-state index contributed by atoms with van der Waals surface area (Å²) in [5.74, 6) is 0. The predicted molar refractivity (Wildman–Crippen MR) is 56.4 cm³/mol. The zero-order valence-electron chi connectivity index (χ0n) is 8.80. The van der Waals surface area contributed by atoms with Gasteiger partial charge in [0.25, 0.3) is 0 Å². The fourth-order valence-electron chi connectivity index (χ4n) is 1.19. The van der Waals surface area contributed by atoms with Crippen LogP contribution in [0.15, 0.2) is 0 Å². The van der Waals surface area contributed by atoms with E-state index in [2.05, 4.69) is 6.92 Å². The molecule has 0 aliphatic heterocycles. The summed E-state index contributed by atoms with van der Waals surface area (Å²) in [6.07, 6.45) is 7.40. The summed E-state index contributed by atoms with van der Waals surface area (Å²) >= 11 is 0. The summed E-state index contributed by atoms with van der Waals surface area (Å²) in [5.41, 5.74) is 10.8. The van der Waals surface area contributed by atoms with Crippen LogP contribution in [-0.4, -0.2) is 19.4 Å². The standard InChI is InChI=1S/C10H24N2O/c1-2-3-4-5-6-7-8-13-10(12)9-11/h10H,2-9,11-12H2,1H3. The molecule has 0 saturated carbocycles. The quantitative estimate of drug-likeness (QED) is 0.427. The molecule has 0 fully saturated rings. The van der Waals surface area contributed by atoms with Crippen molar-refractivity contribution >= 4 is 0 Å². The smallest absolute Gasteiger partial charge is 0.118 e. The maximum atomic E-state index is 5.49. The highest BCUT2D eigenvalue weighted by Crippen LogP contribution is 2.04. The van der Waals surface area contributed by atoms with E-state index in [1.165, 1.54) is 32.1 Å². The van der Waals surface area contributed by atoms with Crippen molar-refractivity contribution in [2.24, 2.45) is 11.5 Å². The van der Waals surface area contributed by atoms with Crippen LogP contribution in [0.1, 0.15) is 45.4 Å². The molecule has 0 saturated heterocycles. The first-order valence-corrected chi connectivity index (χ1v) is 5.38. The van der Waals surface area contributed by atoms with Crippen molar-refractivity contribution in [1.29, 1.82) is 0 Å². The molecule has 80 valence electrons. The molecule has 0 amide bonds. The molecule has 0 aromatic carbocycles. The molecule has 0 radical (unpaired) electrons. The molecule has 4 N–H and O–H groups in total. The molecule has 3 heteroatoms. The van der Waals surface area contributed by atoms with E-state index in [9.17, 15) is 0 Å². The lowest BCUT2D eigenvalue weighted by Gasteiger charge is -2.09. The molecular weight excluding hydrogens is 164 g/mol. The van der Waals surface area contributed by atoms with Crippen LogP contribution in [0.2, 0.25) is 0 Å². The monoisotopic (exact) mass is 188 g/mol. The Morgan fingerprint density at radius 2 is 1.69 bits per heavy atom. The van der Waals surface area contributed by atoms with Crippen molar-refractivity contribution in [1.82, 2.24) is 0 Å². The van der Waals surface area contributed by atoms with Gasteiger partial charge in [-0.15, -0.1) is 0 Å². The Kier molecular flexibility index (Phi) is 9.87. The molecule has 0 heterocycles. The van der Waals surface area contributed by atoms with Gasteiger partial charge in [0.15, 0.2) is 0 Å². The van der Waals surface area contributed by atoms with Gasteiger partial charge in [-0.1, -0.05) is 39.0 Å². The Morgan fingerprint density at radius 1 is 1.08 bits per heavy atom. The van der Waals surface area contributed by atoms with Gasteiger partial charge >= 0.3 is 0 Å². The van der Waals surface area contributed by atoms with Gasteiger partial charge < -0.3 is 16.2 Å². The van der Waals surface area contributed by atoms with Crippen LogP contribution in [-0.2, 0) is 4.74 Å². The Hall–Kier alpha value is -0.120. The molecule has 13 heavy (non-hydrogen) atoms. The highest BCUT2D eigenvalue weighted by atomic mass is 16.5. The fourth-order valence-corrected chi connectivity index (χ4v) is 1.19. The minimum atomic E-state index is -0.268. The Bertz CT molecular complexity index is 98.9. The van der Waals surface area contributed by atoms with Crippen LogP contribution in [0, 0.1) is 0 Å². The van der Waals surface area contributed by atoms with Crippen LogP contribution < -0.4 is 11.5 Å². The van der Waals surface area contributed by atoms with E-state index in [-0.39, 0.29) is 6.23 Å². The normalized spacial score (nSPS) is 13.2. The van der Waals surface area contributed by atoms with E-state index in [4.69, 9.17) is 16.2 Å².